The van der Waals surface area contributed by atoms with E-state index in [2.05, 4.69) is 47.9 Å². The average molecular weight is 393 g/mol. The number of amides is 1. The molecular weight excluding hydrogens is 364 g/mol. The highest BCUT2D eigenvalue weighted by molar-refractivity contribution is 6.05. The lowest BCUT2D eigenvalue weighted by molar-refractivity contribution is 0.102. The smallest absolute Gasteiger partial charge is 0.274 e. The highest BCUT2D eigenvalue weighted by Gasteiger charge is 2.24. The Morgan fingerprint density at radius 1 is 1.21 bits per heavy atom. The molecule has 0 aliphatic carbocycles. The summed E-state index contributed by atoms with van der Waals surface area (Å²) in [5, 5.41) is 3.01. The second-order valence-electron chi connectivity index (χ2n) is 8.58. The van der Waals surface area contributed by atoms with E-state index in [1.807, 2.05) is 12.1 Å². The molecule has 3 aromatic rings. The van der Waals surface area contributed by atoms with Crippen LogP contribution in [0.2, 0.25) is 0 Å². The van der Waals surface area contributed by atoms with Crippen molar-refractivity contribution in [2.24, 2.45) is 11.8 Å². The predicted molar refractivity (Wildman–Crippen MR) is 115 cm³/mol. The molecule has 0 aromatic carbocycles. The molecule has 4 heterocycles. The summed E-state index contributed by atoms with van der Waals surface area (Å²) in [6, 6.07) is 7.39. The zero-order valence-electron chi connectivity index (χ0n) is 17.5. The first kappa shape index (κ1) is 19.4. The molecule has 6 heteroatoms. The standard InChI is InChI=1S/C23H28N4O2/c1-14(2)22-10-18-21(29-22)6-5-17(25-18)23(28)26-19-11-24-8-7-20(19)27-12-15(3)9-16(4)13-27/h5-8,10-11,14-16H,9,12-13H2,1-4H3,(H,26,28)/t15-,16+. The van der Waals surface area contributed by atoms with Crippen LogP contribution in [-0.2, 0) is 0 Å². The van der Waals surface area contributed by atoms with Gasteiger partial charge in [-0.2, -0.15) is 0 Å². The van der Waals surface area contributed by atoms with Crippen molar-refractivity contribution in [3.63, 3.8) is 0 Å². The molecule has 1 amide bonds. The first-order valence-corrected chi connectivity index (χ1v) is 10.3. The number of rotatable bonds is 4. The van der Waals surface area contributed by atoms with E-state index in [1.54, 1.807) is 24.5 Å². The Bertz CT molecular complexity index is 1020. The molecule has 1 fully saturated rings. The van der Waals surface area contributed by atoms with E-state index in [4.69, 9.17) is 4.42 Å². The molecule has 0 saturated carbocycles. The van der Waals surface area contributed by atoms with E-state index in [9.17, 15) is 4.79 Å². The molecule has 152 valence electrons. The van der Waals surface area contributed by atoms with Gasteiger partial charge >= 0.3 is 0 Å². The van der Waals surface area contributed by atoms with Gasteiger partial charge in [0.2, 0.25) is 0 Å². The van der Waals surface area contributed by atoms with Gasteiger partial charge in [0.25, 0.3) is 5.91 Å². The third kappa shape index (κ3) is 4.11. The minimum absolute atomic E-state index is 0.244. The number of fused-ring (bicyclic) bond motifs is 1. The van der Waals surface area contributed by atoms with Gasteiger partial charge in [0, 0.05) is 31.3 Å². The van der Waals surface area contributed by atoms with Crippen molar-refractivity contribution in [2.75, 3.05) is 23.3 Å². The summed E-state index contributed by atoms with van der Waals surface area (Å²) in [5.41, 5.74) is 3.49. The molecule has 3 aromatic heterocycles. The number of furan rings is 1. The van der Waals surface area contributed by atoms with Crippen LogP contribution in [0.25, 0.3) is 11.1 Å². The van der Waals surface area contributed by atoms with Gasteiger partial charge in [0.05, 0.1) is 17.6 Å². The van der Waals surface area contributed by atoms with Crippen molar-refractivity contribution in [1.29, 1.82) is 0 Å². The second-order valence-corrected chi connectivity index (χ2v) is 8.58. The van der Waals surface area contributed by atoms with Gasteiger partial charge in [-0.15, -0.1) is 0 Å². The van der Waals surface area contributed by atoms with Crippen molar-refractivity contribution < 1.29 is 9.21 Å². The van der Waals surface area contributed by atoms with Crippen LogP contribution in [-0.4, -0.2) is 29.0 Å². The molecule has 0 spiro atoms. The fraction of sp³-hybridized carbons (Fsp3) is 0.435. The monoisotopic (exact) mass is 392 g/mol. The molecule has 1 aliphatic heterocycles. The molecule has 6 nitrogen and oxygen atoms in total. The molecule has 4 rings (SSSR count). The lowest BCUT2D eigenvalue weighted by Crippen LogP contribution is -2.39. The van der Waals surface area contributed by atoms with Crippen LogP contribution in [0.5, 0.6) is 0 Å². The minimum Gasteiger partial charge on any atom is -0.459 e. The summed E-state index contributed by atoms with van der Waals surface area (Å²) in [7, 11) is 0. The van der Waals surface area contributed by atoms with E-state index >= 15 is 0 Å². The summed E-state index contributed by atoms with van der Waals surface area (Å²) < 4.78 is 5.79. The zero-order valence-corrected chi connectivity index (χ0v) is 17.5. The third-order valence-corrected chi connectivity index (χ3v) is 5.45. The predicted octanol–water partition coefficient (Wildman–Crippen LogP) is 5.08. The number of hydrogen-bond donors (Lipinski definition) is 1. The largest absolute Gasteiger partial charge is 0.459 e. The number of anilines is 2. The SMILES string of the molecule is CC(C)c1cc2nc(C(=O)Nc3cnccc3N3C[C@H](C)C[C@H](C)C3)ccc2o1. The van der Waals surface area contributed by atoms with Gasteiger partial charge in [-0.1, -0.05) is 27.7 Å². The van der Waals surface area contributed by atoms with Gasteiger partial charge in [0.1, 0.15) is 17.0 Å². The Labute approximate surface area is 171 Å². The average Bonchev–Trinajstić information content (AvgIpc) is 3.11. The highest BCUT2D eigenvalue weighted by atomic mass is 16.3. The Morgan fingerprint density at radius 2 is 1.97 bits per heavy atom. The summed E-state index contributed by atoms with van der Waals surface area (Å²) in [4.78, 5) is 24.0. The molecule has 2 atom stereocenters. The van der Waals surface area contributed by atoms with Crippen LogP contribution < -0.4 is 10.2 Å². The van der Waals surface area contributed by atoms with Crippen LogP contribution >= 0.6 is 0 Å². The van der Waals surface area contributed by atoms with Gasteiger partial charge in [-0.05, 0) is 36.5 Å². The van der Waals surface area contributed by atoms with Gasteiger partial charge in [0.15, 0.2) is 5.58 Å². The van der Waals surface area contributed by atoms with E-state index in [0.717, 1.165) is 30.2 Å². The van der Waals surface area contributed by atoms with Gasteiger partial charge in [-0.3, -0.25) is 9.78 Å². The molecule has 1 N–H and O–H groups in total. The molecule has 29 heavy (non-hydrogen) atoms. The van der Waals surface area contributed by atoms with E-state index < -0.39 is 0 Å². The number of carbonyl (C=O) groups excluding carboxylic acids is 1. The Hall–Kier alpha value is -2.89. The number of hydrogen-bond acceptors (Lipinski definition) is 5. The highest BCUT2D eigenvalue weighted by Crippen LogP contribution is 2.31. The molecule has 1 saturated heterocycles. The second kappa shape index (κ2) is 7.85. The topological polar surface area (TPSA) is 71.3 Å². The Kier molecular flexibility index (Phi) is 5.26. The van der Waals surface area contributed by atoms with Crippen LogP contribution in [0.3, 0.4) is 0 Å². The number of piperidine rings is 1. The normalized spacial score (nSPS) is 19.7. The van der Waals surface area contributed by atoms with Crippen LogP contribution in [0, 0.1) is 11.8 Å². The maximum absolute atomic E-state index is 12.9. The molecule has 0 unspecified atom stereocenters. The van der Waals surface area contributed by atoms with Crippen molar-refractivity contribution in [3.8, 4) is 0 Å². The fourth-order valence-electron chi connectivity index (χ4n) is 4.16. The van der Waals surface area contributed by atoms with Crippen molar-refractivity contribution in [2.45, 2.75) is 40.0 Å². The fourth-order valence-corrected chi connectivity index (χ4v) is 4.16. The van der Waals surface area contributed by atoms with Crippen LogP contribution in [0.1, 0.15) is 56.3 Å². The number of nitrogens with zero attached hydrogens (tertiary/aromatic N) is 3. The minimum atomic E-state index is -0.244. The summed E-state index contributed by atoms with van der Waals surface area (Å²) in [6.45, 7) is 10.6. The Morgan fingerprint density at radius 3 is 2.69 bits per heavy atom. The van der Waals surface area contributed by atoms with E-state index in [1.165, 1.54) is 6.42 Å². The van der Waals surface area contributed by atoms with E-state index in [0.29, 0.717) is 28.6 Å². The summed E-state index contributed by atoms with van der Waals surface area (Å²) in [5.74, 6) is 2.14. The number of pyridine rings is 2. The van der Waals surface area contributed by atoms with Gasteiger partial charge < -0.3 is 14.6 Å². The van der Waals surface area contributed by atoms with E-state index in [-0.39, 0.29) is 11.8 Å². The van der Waals surface area contributed by atoms with Crippen molar-refractivity contribution in [1.82, 2.24) is 9.97 Å². The number of aromatic nitrogens is 2. The molecule has 1 aliphatic rings. The first-order chi connectivity index (χ1) is 13.9. The Balaban J connectivity index is 1.58. The molecule has 0 radical (unpaired) electrons. The maximum atomic E-state index is 12.9. The first-order valence-electron chi connectivity index (χ1n) is 10.3. The zero-order chi connectivity index (χ0) is 20.5. The molecule has 0 bridgehead atoms. The number of carbonyl (C=O) groups is 1. The summed E-state index contributed by atoms with van der Waals surface area (Å²) in [6.07, 6.45) is 4.72. The van der Waals surface area contributed by atoms with Gasteiger partial charge in [-0.25, -0.2) is 4.98 Å². The molecular formula is C23H28N4O2. The lowest BCUT2D eigenvalue weighted by Gasteiger charge is -2.37. The van der Waals surface area contributed by atoms with Crippen molar-refractivity contribution >= 4 is 28.4 Å². The van der Waals surface area contributed by atoms with Crippen molar-refractivity contribution in [3.05, 3.63) is 48.1 Å². The van der Waals surface area contributed by atoms with Crippen LogP contribution in [0.15, 0.2) is 41.1 Å². The lowest BCUT2D eigenvalue weighted by atomic mass is 9.91. The van der Waals surface area contributed by atoms with Crippen LogP contribution in [0.4, 0.5) is 11.4 Å². The third-order valence-electron chi connectivity index (χ3n) is 5.45. The maximum Gasteiger partial charge on any atom is 0.274 e. The number of nitrogens with one attached hydrogen (secondary N) is 1. The quantitative estimate of drug-likeness (QED) is 0.670. The summed E-state index contributed by atoms with van der Waals surface area (Å²) >= 11 is 0.